The molecule has 0 radical (unpaired) electrons. The Morgan fingerprint density at radius 3 is 2.65 bits per heavy atom. The van der Waals surface area contributed by atoms with Crippen LogP contribution in [0.3, 0.4) is 0 Å². The van der Waals surface area contributed by atoms with Gasteiger partial charge in [0.05, 0.1) is 6.04 Å². The molecule has 20 heavy (non-hydrogen) atoms. The molecule has 1 heterocycles. The first-order valence-electron chi connectivity index (χ1n) is 6.77. The maximum Gasteiger partial charge on any atom is 0.241 e. The number of carbonyl (C=O) groups is 1. The molecule has 1 atom stereocenters. The van der Waals surface area contributed by atoms with Crippen molar-refractivity contribution in [3.63, 3.8) is 0 Å². The summed E-state index contributed by atoms with van der Waals surface area (Å²) in [4.78, 5) is 13.3. The lowest BCUT2D eigenvalue weighted by atomic mass is 10.0. The highest BCUT2D eigenvalue weighted by Gasteiger charge is 2.16. The fourth-order valence-electron chi connectivity index (χ4n) is 2.08. The first-order valence-corrected chi connectivity index (χ1v) is 7.65. The molecule has 1 aromatic carbocycles. The zero-order chi connectivity index (χ0) is 14.5. The molecule has 0 saturated carbocycles. The Balaban J connectivity index is 2.16. The monoisotopic (exact) mass is 288 g/mol. The van der Waals surface area contributed by atoms with Crippen molar-refractivity contribution in [1.82, 2.24) is 0 Å². The number of hydrogen-bond donors (Lipinski definition) is 2. The minimum atomic E-state index is -0.466. The van der Waals surface area contributed by atoms with Crippen LogP contribution in [0.2, 0.25) is 0 Å². The van der Waals surface area contributed by atoms with Gasteiger partial charge < -0.3 is 11.1 Å². The molecule has 0 aliphatic rings. The topological polar surface area (TPSA) is 55.1 Å². The SMILES string of the molecule is CC(C)C[C@@H](N)C(=O)Nc1ccccc1-c1cccs1. The van der Waals surface area contributed by atoms with Gasteiger partial charge in [0.15, 0.2) is 0 Å². The third-order valence-corrected chi connectivity index (χ3v) is 3.94. The van der Waals surface area contributed by atoms with Gasteiger partial charge in [-0.2, -0.15) is 0 Å². The number of anilines is 1. The van der Waals surface area contributed by atoms with Gasteiger partial charge in [0.25, 0.3) is 0 Å². The van der Waals surface area contributed by atoms with Crippen LogP contribution in [0.4, 0.5) is 5.69 Å². The van der Waals surface area contributed by atoms with Crippen LogP contribution in [-0.4, -0.2) is 11.9 Å². The predicted octanol–water partition coefficient (Wildman–Crippen LogP) is 3.73. The van der Waals surface area contributed by atoms with Crippen LogP contribution in [-0.2, 0) is 4.79 Å². The van der Waals surface area contributed by atoms with E-state index in [-0.39, 0.29) is 5.91 Å². The lowest BCUT2D eigenvalue weighted by molar-refractivity contribution is -0.117. The average Bonchev–Trinajstić information content (AvgIpc) is 2.92. The van der Waals surface area contributed by atoms with E-state index in [9.17, 15) is 4.79 Å². The summed E-state index contributed by atoms with van der Waals surface area (Å²) in [6.45, 7) is 4.12. The molecule has 4 heteroatoms. The Labute approximate surface area is 123 Å². The Bertz CT molecular complexity index is 564. The van der Waals surface area contributed by atoms with E-state index in [1.165, 1.54) is 0 Å². The Morgan fingerprint density at radius 1 is 1.25 bits per heavy atom. The zero-order valence-electron chi connectivity index (χ0n) is 11.8. The number of nitrogens with two attached hydrogens (primary N) is 1. The second-order valence-corrected chi connectivity index (χ2v) is 6.20. The molecule has 0 bridgehead atoms. The molecule has 0 fully saturated rings. The van der Waals surface area contributed by atoms with Crippen molar-refractivity contribution in [1.29, 1.82) is 0 Å². The van der Waals surface area contributed by atoms with Gasteiger partial charge in [0.2, 0.25) is 5.91 Å². The summed E-state index contributed by atoms with van der Waals surface area (Å²) in [5.74, 6) is 0.283. The van der Waals surface area contributed by atoms with Gasteiger partial charge in [-0.15, -0.1) is 11.3 Å². The lowest BCUT2D eigenvalue weighted by Gasteiger charge is -2.15. The van der Waals surface area contributed by atoms with Crippen LogP contribution in [0.5, 0.6) is 0 Å². The molecular formula is C16H20N2OS. The Morgan fingerprint density at radius 2 is 2.00 bits per heavy atom. The first kappa shape index (κ1) is 14.8. The van der Waals surface area contributed by atoms with Crippen LogP contribution in [0, 0.1) is 5.92 Å². The van der Waals surface area contributed by atoms with Crippen molar-refractivity contribution >= 4 is 22.9 Å². The van der Waals surface area contributed by atoms with E-state index in [4.69, 9.17) is 5.73 Å². The van der Waals surface area contributed by atoms with Gasteiger partial charge in [-0.1, -0.05) is 38.1 Å². The van der Waals surface area contributed by atoms with E-state index in [2.05, 4.69) is 19.2 Å². The first-order chi connectivity index (χ1) is 9.58. The number of nitrogens with one attached hydrogen (secondary N) is 1. The van der Waals surface area contributed by atoms with E-state index >= 15 is 0 Å². The summed E-state index contributed by atoms with van der Waals surface area (Å²) in [5, 5.41) is 4.97. The highest BCUT2D eigenvalue weighted by Crippen LogP contribution is 2.31. The van der Waals surface area contributed by atoms with Crippen molar-refractivity contribution in [3.05, 3.63) is 41.8 Å². The summed E-state index contributed by atoms with van der Waals surface area (Å²) in [7, 11) is 0. The minimum absolute atomic E-state index is 0.122. The van der Waals surface area contributed by atoms with Gasteiger partial charge in [-0.3, -0.25) is 4.79 Å². The summed E-state index contributed by atoms with van der Waals surface area (Å²) in [6.07, 6.45) is 0.688. The molecule has 106 valence electrons. The van der Waals surface area contributed by atoms with Crippen molar-refractivity contribution in [2.45, 2.75) is 26.3 Å². The van der Waals surface area contributed by atoms with E-state index in [1.807, 2.05) is 41.8 Å². The molecule has 0 unspecified atom stereocenters. The largest absolute Gasteiger partial charge is 0.324 e. The zero-order valence-corrected chi connectivity index (χ0v) is 12.6. The maximum atomic E-state index is 12.1. The van der Waals surface area contributed by atoms with Gasteiger partial charge in [-0.25, -0.2) is 0 Å². The quantitative estimate of drug-likeness (QED) is 0.881. The number of rotatable bonds is 5. The normalized spacial score (nSPS) is 12.4. The van der Waals surface area contributed by atoms with Crippen LogP contribution in [0.15, 0.2) is 41.8 Å². The Hall–Kier alpha value is -1.65. The molecule has 1 aromatic heterocycles. The molecule has 1 amide bonds. The second-order valence-electron chi connectivity index (χ2n) is 5.25. The van der Waals surface area contributed by atoms with Crippen LogP contribution in [0.1, 0.15) is 20.3 Å². The van der Waals surface area contributed by atoms with Crippen LogP contribution >= 0.6 is 11.3 Å². The highest BCUT2D eigenvalue weighted by molar-refractivity contribution is 7.13. The van der Waals surface area contributed by atoms with Crippen molar-refractivity contribution in [2.24, 2.45) is 11.7 Å². The van der Waals surface area contributed by atoms with Gasteiger partial charge in [0.1, 0.15) is 0 Å². The van der Waals surface area contributed by atoms with Crippen LogP contribution < -0.4 is 11.1 Å². The number of carbonyl (C=O) groups excluding carboxylic acids is 1. The van der Waals surface area contributed by atoms with Crippen molar-refractivity contribution in [2.75, 3.05) is 5.32 Å². The average molecular weight is 288 g/mol. The van der Waals surface area contributed by atoms with E-state index < -0.39 is 6.04 Å². The fraction of sp³-hybridized carbons (Fsp3) is 0.312. The van der Waals surface area contributed by atoms with Crippen molar-refractivity contribution in [3.8, 4) is 10.4 Å². The summed E-state index contributed by atoms with van der Waals surface area (Å²) >= 11 is 1.65. The lowest BCUT2D eigenvalue weighted by Crippen LogP contribution is -2.36. The summed E-state index contributed by atoms with van der Waals surface area (Å²) < 4.78 is 0. The van der Waals surface area contributed by atoms with E-state index in [0.29, 0.717) is 12.3 Å². The molecule has 0 aliphatic carbocycles. The highest BCUT2D eigenvalue weighted by atomic mass is 32.1. The van der Waals surface area contributed by atoms with Crippen molar-refractivity contribution < 1.29 is 4.79 Å². The Kier molecular flexibility index (Phi) is 4.93. The number of amides is 1. The molecule has 2 aromatic rings. The van der Waals surface area contributed by atoms with Crippen LogP contribution in [0.25, 0.3) is 10.4 Å². The smallest absolute Gasteiger partial charge is 0.241 e. The number of thiophene rings is 1. The van der Waals surface area contributed by atoms with E-state index in [0.717, 1.165) is 16.1 Å². The fourth-order valence-corrected chi connectivity index (χ4v) is 2.84. The summed E-state index contributed by atoms with van der Waals surface area (Å²) in [5.41, 5.74) is 7.78. The van der Waals surface area contributed by atoms with Gasteiger partial charge in [-0.05, 0) is 29.9 Å². The summed E-state index contributed by atoms with van der Waals surface area (Å²) in [6, 6.07) is 11.4. The van der Waals surface area contributed by atoms with E-state index in [1.54, 1.807) is 11.3 Å². The molecule has 0 saturated heterocycles. The number of para-hydroxylation sites is 1. The molecular weight excluding hydrogens is 268 g/mol. The molecule has 0 spiro atoms. The minimum Gasteiger partial charge on any atom is -0.324 e. The molecule has 0 aliphatic heterocycles. The second kappa shape index (κ2) is 6.68. The third-order valence-electron chi connectivity index (χ3n) is 3.03. The standard InChI is InChI=1S/C16H20N2OS/c1-11(2)10-13(17)16(19)18-14-7-4-3-6-12(14)15-8-5-9-20-15/h3-9,11,13H,10,17H2,1-2H3,(H,18,19)/t13-/m1/s1. The third kappa shape index (κ3) is 3.68. The van der Waals surface area contributed by atoms with Gasteiger partial charge in [0, 0.05) is 16.1 Å². The molecule has 3 nitrogen and oxygen atoms in total. The molecule has 2 rings (SSSR count). The maximum absolute atomic E-state index is 12.1. The number of hydrogen-bond acceptors (Lipinski definition) is 3. The number of benzene rings is 1. The predicted molar refractivity (Wildman–Crippen MR) is 85.8 cm³/mol. The van der Waals surface area contributed by atoms with Gasteiger partial charge >= 0.3 is 0 Å². The molecule has 3 N–H and O–H groups in total.